The second kappa shape index (κ2) is 13.2. The van der Waals surface area contributed by atoms with Crippen LogP contribution >= 0.6 is 0 Å². The summed E-state index contributed by atoms with van der Waals surface area (Å²) in [5, 5.41) is 0. The van der Waals surface area contributed by atoms with Crippen molar-refractivity contribution in [3.05, 3.63) is 50.3 Å². The Bertz CT molecular complexity index is 138. The molecular weight excluding hydrogens is 378 g/mol. The van der Waals surface area contributed by atoms with Crippen LogP contribution in [0, 0.1) is 50.3 Å². The molecule has 1 fully saturated rings. The molecule has 0 aromatic rings. The maximum absolute atomic E-state index is 7.50. The third-order valence-electron chi connectivity index (χ3n) is 2.81. The van der Waals surface area contributed by atoms with Crippen molar-refractivity contribution in [1.82, 2.24) is 0 Å². The first-order valence-corrected chi connectivity index (χ1v) is 4.16. The van der Waals surface area contributed by atoms with Crippen LogP contribution in [-0.2, 0) is 29.1 Å². The molecule has 1 aliphatic carbocycles. The van der Waals surface area contributed by atoms with E-state index in [-0.39, 0.29) is 27.2 Å². The molecule has 0 bridgehead atoms. The summed E-state index contributed by atoms with van der Waals surface area (Å²) in [4.78, 5) is 0. The summed E-state index contributed by atoms with van der Waals surface area (Å²) in [6, 6.07) is 0. The fourth-order valence-electron chi connectivity index (χ4n) is 1.41. The number of rotatable bonds is 0. The van der Waals surface area contributed by atoms with Crippen LogP contribution in [0.3, 0.4) is 0 Å². The van der Waals surface area contributed by atoms with Crippen LogP contribution in [0.15, 0.2) is 0 Å². The molecule has 0 atom stereocenters. The smallest absolute Gasteiger partial charge is 0.358 e. The Kier molecular flexibility index (Phi) is 20.7. The van der Waals surface area contributed by atoms with Gasteiger partial charge in [-0.15, -0.1) is 0 Å². The topological polar surface area (TPSA) is 39.8 Å². The van der Waals surface area contributed by atoms with Crippen LogP contribution in [0.5, 0.6) is 0 Å². The van der Waals surface area contributed by atoms with Gasteiger partial charge in [0.05, 0.1) is 0 Å². The van der Waals surface area contributed by atoms with Crippen LogP contribution in [0.1, 0.15) is 34.6 Å². The Balaban J connectivity index is -0.000000109. The van der Waals surface area contributed by atoms with Gasteiger partial charge in [0.2, 0.25) is 0 Å². The molecular formula is C13H18O2Os+. The van der Waals surface area contributed by atoms with Gasteiger partial charge in [0.15, 0.2) is 0 Å². The predicted octanol–water partition coefficient (Wildman–Crippen LogP) is 3.34. The summed E-state index contributed by atoms with van der Waals surface area (Å²) < 4.78 is 15.0. The van der Waals surface area contributed by atoms with Gasteiger partial charge in [-0.3, -0.25) is 0 Å². The Morgan fingerprint density at radius 2 is 0.625 bits per heavy atom. The van der Waals surface area contributed by atoms with Crippen molar-refractivity contribution >= 4 is 0 Å². The van der Waals surface area contributed by atoms with Gasteiger partial charge < -0.3 is 7.43 Å². The minimum atomic E-state index is 0. The van der Waals surface area contributed by atoms with E-state index in [1.807, 2.05) is 0 Å². The minimum absolute atomic E-state index is 0. The van der Waals surface area contributed by atoms with E-state index >= 15 is 0 Å². The van der Waals surface area contributed by atoms with Crippen LogP contribution in [0.4, 0.5) is 0 Å². The van der Waals surface area contributed by atoms with E-state index in [0.29, 0.717) is 0 Å². The van der Waals surface area contributed by atoms with E-state index < -0.39 is 0 Å². The molecule has 0 unspecified atom stereocenters. The molecule has 16 heavy (non-hydrogen) atoms. The van der Waals surface area contributed by atoms with Gasteiger partial charge in [0.25, 0.3) is 0 Å². The maximum Gasteiger partial charge on any atom is 2.00 e. The van der Waals surface area contributed by atoms with Crippen LogP contribution in [-0.4, -0.2) is 0 Å². The van der Waals surface area contributed by atoms with Crippen molar-refractivity contribution in [2.75, 3.05) is 0 Å². The molecule has 5 radical (unpaired) electrons. The van der Waals surface area contributed by atoms with E-state index in [1.54, 1.807) is 0 Å². The fourth-order valence-corrected chi connectivity index (χ4v) is 1.41. The molecule has 1 rings (SSSR count). The van der Waals surface area contributed by atoms with Gasteiger partial charge in [-0.25, -0.2) is 0 Å². The SMILES string of the molecule is C[C]1[C](C)[C](C)[C](C)[C]1C.[C-]#[O+].[C-]#[O+].[CH3-].[Os+2]. The summed E-state index contributed by atoms with van der Waals surface area (Å²) in [5.41, 5.74) is 0. The summed E-state index contributed by atoms with van der Waals surface area (Å²) in [6.45, 7) is 20.0. The first kappa shape index (κ1) is 25.1. The standard InChI is InChI=1S/C10H15.2CO.CH3.Os/c1-6-7(2)9(4)10(5)8(6)3;2*1-2;;/h1-5H3;;;1H3;/q;;;-1;+2. The molecule has 89 valence electrons. The molecule has 0 heterocycles. The summed E-state index contributed by atoms with van der Waals surface area (Å²) in [7, 11) is 0. The molecule has 1 aliphatic rings. The quantitative estimate of drug-likeness (QED) is 0.445. The molecule has 0 aliphatic heterocycles. The van der Waals surface area contributed by atoms with Crippen LogP contribution in [0.2, 0.25) is 0 Å². The molecule has 0 N–H and O–H groups in total. The van der Waals surface area contributed by atoms with Crippen molar-refractivity contribution in [1.29, 1.82) is 0 Å². The van der Waals surface area contributed by atoms with Gasteiger partial charge in [0, 0.05) is 0 Å². The van der Waals surface area contributed by atoms with E-state index in [9.17, 15) is 0 Å². The Morgan fingerprint density at radius 3 is 0.688 bits per heavy atom. The zero-order valence-corrected chi connectivity index (χ0v) is 13.2. The van der Waals surface area contributed by atoms with Crippen molar-refractivity contribution in [3.8, 4) is 0 Å². The second-order valence-corrected chi connectivity index (χ2v) is 3.12. The summed E-state index contributed by atoms with van der Waals surface area (Å²) in [5.74, 6) is 7.34. The van der Waals surface area contributed by atoms with Gasteiger partial charge in [-0.05, 0) is 29.6 Å². The third-order valence-corrected chi connectivity index (χ3v) is 2.81. The molecule has 1 saturated carbocycles. The van der Waals surface area contributed by atoms with Crippen molar-refractivity contribution in [3.63, 3.8) is 0 Å². The predicted molar refractivity (Wildman–Crippen MR) is 58.9 cm³/mol. The van der Waals surface area contributed by atoms with Crippen molar-refractivity contribution in [2.45, 2.75) is 34.6 Å². The first-order valence-electron chi connectivity index (χ1n) is 4.16. The van der Waals surface area contributed by atoms with Gasteiger partial charge in [-0.2, -0.15) is 0 Å². The van der Waals surface area contributed by atoms with E-state index in [4.69, 9.17) is 9.30 Å². The zero-order valence-electron chi connectivity index (χ0n) is 10.7. The maximum atomic E-state index is 7.50. The minimum Gasteiger partial charge on any atom is -0.358 e. The van der Waals surface area contributed by atoms with Gasteiger partial charge in [0.1, 0.15) is 0 Å². The van der Waals surface area contributed by atoms with E-state index in [2.05, 4.69) is 47.9 Å². The van der Waals surface area contributed by atoms with E-state index in [1.165, 1.54) is 29.6 Å². The Labute approximate surface area is 114 Å². The monoisotopic (exact) mass is 398 g/mol. The molecule has 2 nitrogen and oxygen atoms in total. The average Bonchev–Trinajstić information content (AvgIpc) is 2.42. The first-order chi connectivity index (χ1) is 6.55. The van der Waals surface area contributed by atoms with Crippen LogP contribution < -0.4 is 0 Å². The molecule has 0 spiro atoms. The largest absolute Gasteiger partial charge is 2.00 e. The van der Waals surface area contributed by atoms with Crippen molar-refractivity contribution < 1.29 is 29.1 Å². The Morgan fingerprint density at radius 1 is 0.562 bits per heavy atom. The van der Waals surface area contributed by atoms with Crippen molar-refractivity contribution in [2.24, 2.45) is 0 Å². The van der Waals surface area contributed by atoms with Gasteiger partial charge in [-0.1, -0.05) is 34.6 Å². The number of hydrogen-bond donors (Lipinski definition) is 0. The number of hydrogen-bond acceptors (Lipinski definition) is 0. The molecule has 0 aromatic heterocycles. The average molecular weight is 397 g/mol. The second-order valence-electron chi connectivity index (χ2n) is 3.12. The Hall–Kier alpha value is 0.116. The third kappa shape index (κ3) is 6.00. The van der Waals surface area contributed by atoms with Gasteiger partial charge >= 0.3 is 42.4 Å². The summed E-state index contributed by atoms with van der Waals surface area (Å²) >= 11 is 0. The summed E-state index contributed by atoms with van der Waals surface area (Å²) in [6.07, 6.45) is 0. The normalized spacial score (nSPS) is 18.1. The van der Waals surface area contributed by atoms with E-state index in [0.717, 1.165) is 0 Å². The molecule has 0 aromatic carbocycles. The molecule has 0 amide bonds. The fraction of sp³-hybridized carbons (Fsp3) is 0.385. The molecule has 0 saturated heterocycles. The molecule has 3 heteroatoms. The van der Waals surface area contributed by atoms with Crippen LogP contribution in [0.25, 0.3) is 0 Å². The zero-order chi connectivity index (χ0) is 11.9.